The zero-order valence-electron chi connectivity index (χ0n) is 21.2. The first-order chi connectivity index (χ1) is 18.6. The number of hydrogen-bond donors (Lipinski definition) is 1. The molecule has 0 aliphatic rings. The maximum absolute atomic E-state index is 14.3. The summed E-state index contributed by atoms with van der Waals surface area (Å²) < 4.78 is 1.86. The van der Waals surface area contributed by atoms with E-state index in [1.54, 1.807) is 12.4 Å². The maximum atomic E-state index is 14.3. The van der Waals surface area contributed by atoms with Gasteiger partial charge in [-0.05, 0) is 66.3 Å². The van der Waals surface area contributed by atoms with Gasteiger partial charge in [-0.1, -0.05) is 48.5 Å². The Hall–Kier alpha value is -4.91. The molecule has 2 aromatic carbocycles. The molecule has 186 valence electrons. The lowest BCUT2D eigenvalue weighted by molar-refractivity contribution is 0.670. The highest BCUT2D eigenvalue weighted by molar-refractivity contribution is 5.96. The van der Waals surface area contributed by atoms with E-state index in [2.05, 4.69) is 31.3 Å². The van der Waals surface area contributed by atoms with E-state index in [9.17, 15) is 4.79 Å². The van der Waals surface area contributed by atoms with Gasteiger partial charge in [-0.3, -0.25) is 14.8 Å². The molecule has 4 heterocycles. The van der Waals surface area contributed by atoms with E-state index in [-0.39, 0.29) is 11.6 Å². The second-order valence-electron chi connectivity index (χ2n) is 9.36. The Kier molecular flexibility index (Phi) is 6.09. The first-order valence-electron chi connectivity index (χ1n) is 12.5. The largest absolute Gasteiger partial charge is 0.360 e. The molecule has 7 nitrogen and oxygen atoms in total. The minimum Gasteiger partial charge on any atom is -0.360 e. The van der Waals surface area contributed by atoms with Crippen LogP contribution in [0.15, 0.2) is 102 Å². The van der Waals surface area contributed by atoms with E-state index in [4.69, 9.17) is 0 Å². The van der Waals surface area contributed by atoms with Gasteiger partial charge >= 0.3 is 0 Å². The predicted octanol–water partition coefficient (Wildman–Crippen LogP) is 5.93. The Labute approximate surface area is 219 Å². The number of pyridine rings is 3. The fraction of sp³-hybridized carbons (Fsp3) is 0.129. The molecule has 0 amide bonds. The van der Waals surface area contributed by atoms with Crippen LogP contribution in [0.25, 0.3) is 32.9 Å². The lowest BCUT2D eigenvalue weighted by Gasteiger charge is -2.22. The van der Waals surface area contributed by atoms with Gasteiger partial charge in [0.2, 0.25) is 0 Å². The van der Waals surface area contributed by atoms with E-state index >= 15 is 0 Å². The lowest BCUT2D eigenvalue weighted by Crippen LogP contribution is -2.28. The van der Waals surface area contributed by atoms with Crippen LogP contribution in [0, 0.1) is 6.92 Å². The van der Waals surface area contributed by atoms with Crippen molar-refractivity contribution in [1.29, 1.82) is 0 Å². The third-order valence-corrected chi connectivity index (χ3v) is 6.75. The Morgan fingerprint density at radius 1 is 0.868 bits per heavy atom. The van der Waals surface area contributed by atoms with Crippen LogP contribution in [0.2, 0.25) is 0 Å². The van der Waals surface area contributed by atoms with Crippen molar-refractivity contribution in [3.05, 3.63) is 125 Å². The summed E-state index contributed by atoms with van der Waals surface area (Å²) in [5, 5.41) is 5.07. The molecule has 6 rings (SSSR count). The maximum Gasteiger partial charge on any atom is 0.259 e. The van der Waals surface area contributed by atoms with Crippen molar-refractivity contribution in [3.63, 3.8) is 0 Å². The Balaban J connectivity index is 1.53. The van der Waals surface area contributed by atoms with Crippen LogP contribution in [0.1, 0.15) is 29.9 Å². The molecule has 7 heteroatoms. The number of benzene rings is 2. The monoisotopic (exact) mass is 498 g/mol. The summed E-state index contributed by atoms with van der Waals surface area (Å²) in [6, 6.07) is 25.6. The van der Waals surface area contributed by atoms with Gasteiger partial charge in [0.15, 0.2) is 5.82 Å². The van der Waals surface area contributed by atoms with Gasteiger partial charge in [-0.15, -0.1) is 0 Å². The van der Waals surface area contributed by atoms with Gasteiger partial charge < -0.3 is 9.88 Å². The third kappa shape index (κ3) is 4.39. The number of hydrogen-bond acceptors (Lipinski definition) is 6. The standard InChI is InChI=1S/C31H26N6O/c1-20-16-23(13-15-32-20)25-11-6-10-24-17-27(37(31(38)28(24)25)18-22-8-4-3-5-9-22)21(2)36-30-29-26(34-19-35-30)12-7-14-33-29/h3-17,19,21H,18H2,1-2H3,(H,34,35,36)/t21-/m0/s1. The van der Waals surface area contributed by atoms with Crippen molar-refractivity contribution < 1.29 is 0 Å². The number of fused-ring (bicyclic) bond motifs is 2. The number of rotatable bonds is 6. The molecule has 0 saturated carbocycles. The van der Waals surface area contributed by atoms with Crippen molar-refractivity contribution in [2.75, 3.05) is 5.32 Å². The highest BCUT2D eigenvalue weighted by Crippen LogP contribution is 2.30. The average Bonchev–Trinajstić information content (AvgIpc) is 2.95. The zero-order valence-corrected chi connectivity index (χ0v) is 21.2. The Bertz CT molecular complexity index is 1830. The fourth-order valence-corrected chi connectivity index (χ4v) is 4.94. The quantitative estimate of drug-likeness (QED) is 0.306. The zero-order chi connectivity index (χ0) is 26.1. The number of nitrogens with one attached hydrogen (secondary N) is 1. The summed E-state index contributed by atoms with van der Waals surface area (Å²) in [7, 11) is 0. The molecule has 0 aliphatic carbocycles. The second kappa shape index (κ2) is 9.86. The van der Waals surface area contributed by atoms with Crippen LogP contribution in [0.5, 0.6) is 0 Å². The van der Waals surface area contributed by atoms with Gasteiger partial charge in [0.1, 0.15) is 11.8 Å². The Morgan fingerprint density at radius 2 is 1.74 bits per heavy atom. The van der Waals surface area contributed by atoms with Crippen molar-refractivity contribution >= 4 is 27.6 Å². The minimum absolute atomic E-state index is 0.0364. The summed E-state index contributed by atoms with van der Waals surface area (Å²) in [4.78, 5) is 31.9. The van der Waals surface area contributed by atoms with Crippen molar-refractivity contribution in [3.8, 4) is 11.1 Å². The van der Waals surface area contributed by atoms with Crippen LogP contribution in [0.3, 0.4) is 0 Å². The molecule has 0 aliphatic heterocycles. The molecule has 1 N–H and O–H groups in total. The van der Waals surface area contributed by atoms with E-state index < -0.39 is 0 Å². The predicted molar refractivity (Wildman–Crippen MR) is 151 cm³/mol. The Morgan fingerprint density at radius 3 is 2.58 bits per heavy atom. The van der Waals surface area contributed by atoms with E-state index in [1.165, 1.54) is 6.33 Å². The smallest absolute Gasteiger partial charge is 0.259 e. The van der Waals surface area contributed by atoms with Gasteiger partial charge in [-0.2, -0.15) is 0 Å². The van der Waals surface area contributed by atoms with Gasteiger partial charge in [0.05, 0.1) is 23.5 Å². The van der Waals surface area contributed by atoms with Gasteiger partial charge in [-0.25, -0.2) is 9.97 Å². The van der Waals surface area contributed by atoms with Crippen molar-refractivity contribution in [2.45, 2.75) is 26.4 Å². The molecule has 0 radical (unpaired) electrons. The first kappa shape index (κ1) is 23.5. The van der Waals surface area contributed by atoms with Crippen LogP contribution in [-0.4, -0.2) is 24.5 Å². The lowest BCUT2D eigenvalue weighted by atomic mass is 9.98. The van der Waals surface area contributed by atoms with Crippen LogP contribution < -0.4 is 10.9 Å². The fourth-order valence-electron chi connectivity index (χ4n) is 4.94. The molecule has 6 aromatic rings. The molecule has 4 aromatic heterocycles. The highest BCUT2D eigenvalue weighted by Gasteiger charge is 2.19. The molecular formula is C31H26N6O. The number of aromatic nitrogens is 5. The SMILES string of the molecule is Cc1cc(-c2cccc3cc([C@H](C)Nc4ncnc5cccnc45)n(Cc4ccccc4)c(=O)c23)ccn1. The average molecular weight is 499 g/mol. The topological polar surface area (TPSA) is 85.6 Å². The van der Waals surface area contributed by atoms with E-state index in [0.717, 1.165) is 39.0 Å². The molecule has 0 saturated heterocycles. The van der Waals surface area contributed by atoms with Crippen LogP contribution in [0.4, 0.5) is 5.82 Å². The molecule has 0 fully saturated rings. The van der Waals surface area contributed by atoms with Crippen LogP contribution >= 0.6 is 0 Å². The second-order valence-corrected chi connectivity index (χ2v) is 9.36. The summed E-state index contributed by atoms with van der Waals surface area (Å²) in [6.07, 6.45) is 5.04. The third-order valence-electron chi connectivity index (χ3n) is 6.75. The van der Waals surface area contributed by atoms with E-state index in [1.807, 2.05) is 91.2 Å². The van der Waals surface area contributed by atoms with Gasteiger partial charge in [0.25, 0.3) is 5.56 Å². The number of nitrogens with zero attached hydrogens (tertiary/aromatic N) is 5. The molecule has 0 bridgehead atoms. The highest BCUT2D eigenvalue weighted by atomic mass is 16.1. The molecule has 38 heavy (non-hydrogen) atoms. The summed E-state index contributed by atoms with van der Waals surface area (Å²) >= 11 is 0. The molecule has 1 atom stereocenters. The molecule has 0 spiro atoms. The van der Waals surface area contributed by atoms with Crippen LogP contribution in [-0.2, 0) is 6.54 Å². The van der Waals surface area contributed by atoms with Gasteiger partial charge in [0, 0.05) is 23.8 Å². The van der Waals surface area contributed by atoms with E-state index in [0.29, 0.717) is 23.3 Å². The summed E-state index contributed by atoms with van der Waals surface area (Å²) in [5.74, 6) is 0.628. The minimum atomic E-state index is -0.234. The van der Waals surface area contributed by atoms with Crippen molar-refractivity contribution in [2.24, 2.45) is 0 Å². The normalized spacial score (nSPS) is 12.1. The molecular weight excluding hydrogens is 472 g/mol. The number of aryl methyl sites for hydroxylation is 1. The number of anilines is 1. The molecule has 0 unspecified atom stereocenters. The first-order valence-corrected chi connectivity index (χ1v) is 12.5. The van der Waals surface area contributed by atoms with Crippen molar-refractivity contribution in [1.82, 2.24) is 24.5 Å². The summed E-state index contributed by atoms with van der Waals surface area (Å²) in [5.41, 5.74) is 6.10. The summed E-state index contributed by atoms with van der Waals surface area (Å²) in [6.45, 7) is 4.44.